The highest BCUT2D eigenvalue weighted by atomic mass is 127. The lowest BCUT2D eigenvalue weighted by atomic mass is 10.2. The summed E-state index contributed by atoms with van der Waals surface area (Å²) in [6, 6.07) is 5.04. The van der Waals surface area contributed by atoms with E-state index in [9.17, 15) is 4.39 Å². The van der Waals surface area contributed by atoms with Gasteiger partial charge in [0.05, 0.1) is 0 Å². The molecule has 1 nitrogen and oxygen atoms in total. The van der Waals surface area contributed by atoms with E-state index in [4.69, 9.17) is 0 Å². The summed E-state index contributed by atoms with van der Waals surface area (Å²) in [6.45, 7) is 0. The molecule has 0 bridgehead atoms. The summed E-state index contributed by atoms with van der Waals surface area (Å²) in [5.74, 6) is -0.210. The Morgan fingerprint density at radius 2 is 2.00 bits per heavy atom. The maximum absolute atomic E-state index is 13.1. The van der Waals surface area contributed by atoms with Crippen LogP contribution in [0, 0.1) is 9.39 Å². The van der Waals surface area contributed by atoms with Crippen molar-refractivity contribution in [1.29, 1.82) is 0 Å². The van der Waals surface area contributed by atoms with Crippen molar-refractivity contribution < 1.29 is 4.39 Å². The average molecular weight is 273 g/mol. The second-order valence-electron chi connectivity index (χ2n) is 2.46. The zero-order chi connectivity index (χ0) is 8.55. The fourth-order valence-electron chi connectivity index (χ4n) is 1.12. The van der Waals surface area contributed by atoms with Gasteiger partial charge in [-0.05, 0) is 28.7 Å². The third-order valence-corrected chi connectivity index (χ3v) is 2.56. The normalized spacial score (nSPS) is 10.5. The van der Waals surface area contributed by atoms with Gasteiger partial charge < -0.3 is 0 Å². The number of aromatic nitrogens is 1. The fraction of sp³-hybridized carbons (Fsp3) is 0. The van der Waals surface area contributed by atoms with Crippen molar-refractivity contribution in [1.82, 2.24) is 4.98 Å². The first kappa shape index (κ1) is 7.91. The Balaban J connectivity index is 2.94. The molecular formula is C9H5FIN. The Morgan fingerprint density at radius 3 is 2.75 bits per heavy atom. The minimum absolute atomic E-state index is 0.210. The van der Waals surface area contributed by atoms with Crippen molar-refractivity contribution >= 4 is 33.4 Å². The Hall–Kier alpha value is -0.710. The monoisotopic (exact) mass is 273 g/mol. The summed E-state index contributed by atoms with van der Waals surface area (Å²) in [6.07, 6.45) is 3.27. The molecular weight excluding hydrogens is 268 g/mol. The molecule has 0 saturated heterocycles. The quantitative estimate of drug-likeness (QED) is 0.672. The van der Waals surface area contributed by atoms with E-state index >= 15 is 0 Å². The van der Waals surface area contributed by atoms with Crippen LogP contribution in [0.4, 0.5) is 4.39 Å². The molecule has 0 fully saturated rings. The number of hydrogen-bond acceptors (Lipinski definition) is 1. The van der Waals surface area contributed by atoms with Crippen LogP contribution in [0.3, 0.4) is 0 Å². The average Bonchev–Trinajstić information content (AvgIpc) is 2.07. The molecule has 0 radical (unpaired) electrons. The van der Waals surface area contributed by atoms with Crippen molar-refractivity contribution in [3.63, 3.8) is 0 Å². The predicted octanol–water partition coefficient (Wildman–Crippen LogP) is 2.98. The first-order valence-electron chi connectivity index (χ1n) is 3.47. The number of hydrogen-bond donors (Lipinski definition) is 0. The second-order valence-corrected chi connectivity index (χ2v) is 3.62. The van der Waals surface area contributed by atoms with Crippen LogP contribution in [0.2, 0.25) is 0 Å². The van der Waals surface area contributed by atoms with Crippen molar-refractivity contribution in [2.75, 3.05) is 0 Å². The van der Waals surface area contributed by atoms with Gasteiger partial charge in [0.2, 0.25) is 0 Å². The Labute approximate surface area is 82.8 Å². The zero-order valence-corrected chi connectivity index (χ0v) is 8.25. The Morgan fingerprint density at radius 1 is 1.17 bits per heavy atom. The molecule has 0 N–H and O–H groups in total. The lowest BCUT2D eigenvalue weighted by Gasteiger charge is -1.99. The van der Waals surface area contributed by atoms with E-state index in [1.165, 1.54) is 6.07 Å². The van der Waals surface area contributed by atoms with Crippen LogP contribution in [0.25, 0.3) is 10.8 Å². The molecule has 1 heterocycles. The summed E-state index contributed by atoms with van der Waals surface area (Å²) in [7, 11) is 0. The van der Waals surface area contributed by atoms with Crippen LogP contribution in [0.1, 0.15) is 0 Å². The van der Waals surface area contributed by atoms with Crippen LogP contribution in [-0.2, 0) is 0 Å². The largest absolute Gasteiger partial charge is 0.263 e. The highest BCUT2D eigenvalue weighted by Crippen LogP contribution is 2.20. The number of fused-ring (bicyclic) bond motifs is 1. The van der Waals surface area contributed by atoms with Gasteiger partial charge in [-0.15, -0.1) is 0 Å². The van der Waals surface area contributed by atoms with Crippen LogP contribution in [-0.4, -0.2) is 4.98 Å². The molecule has 0 aliphatic carbocycles. The third-order valence-electron chi connectivity index (χ3n) is 1.70. The third kappa shape index (κ3) is 1.18. The van der Waals surface area contributed by atoms with Crippen LogP contribution < -0.4 is 0 Å². The lowest BCUT2D eigenvalue weighted by Crippen LogP contribution is -1.83. The number of nitrogens with zero attached hydrogens (tertiary/aromatic N) is 1. The molecule has 1 aromatic heterocycles. The van der Waals surface area contributed by atoms with Crippen molar-refractivity contribution in [2.24, 2.45) is 0 Å². The van der Waals surface area contributed by atoms with E-state index in [1.54, 1.807) is 18.5 Å². The molecule has 2 rings (SSSR count). The van der Waals surface area contributed by atoms with Gasteiger partial charge in [-0.1, -0.05) is 12.1 Å². The summed E-state index contributed by atoms with van der Waals surface area (Å²) in [5, 5.41) is 1.51. The molecule has 0 atom stereocenters. The van der Waals surface area contributed by atoms with Crippen LogP contribution in [0.15, 0.2) is 30.6 Å². The number of benzene rings is 1. The van der Waals surface area contributed by atoms with Gasteiger partial charge in [0.25, 0.3) is 0 Å². The highest BCUT2D eigenvalue weighted by molar-refractivity contribution is 14.1. The summed E-state index contributed by atoms with van der Waals surface area (Å²) in [5.41, 5.74) is 0. The van der Waals surface area contributed by atoms with Crippen LogP contribution >= 0.6 is 22.6 Å². The van der Waals surface area contributed by atoms with Gasteiger partial charge >= 0.3 is 0 Å². The van der Waals surface area contributed by atoms with E-state index < -0.39 is 0 Å². The number of halogens is 2. The molecule has 12 heavy (non-hydrogen) atoms. The first-order chi connectivity index (χ1) is 5.79. The lowest BCUT2D eigenvalue weighted by molar-refractivity contribution is 0.639. The summed E-state index contributed by atoms with van der Waals surface area (Å²) in [4.78, 5) is 3.93. The smallest absolute Gasteiger partial charge is 0.132 e. The molecule has 3 heteroatoms. The molecule has 0 unspecified atom stereocenters. The van der Waals surface area contributed by atoms with E-state index in [-0.39, 0.29) is 5.82 Å². The van der Waals surface area contributed by atoms with E-state index in [0.29, 0.717) is 5.39 Å². The van der Waals surface area contributed by atoms with Crippen molar-refractivity contribution in [3.8, 4) is 0 Å². The molecule has 0 saturated carbocycles. The van der Waals surface area contributed by atoms with Crippen LogP contribution in [0.5, 0.6) is 0 Å². The molecule has 1 aromatic carbocycles. The van der Waals surface area contributed by atoms with Gasteiger partial charge in [0.15, 0.2) is 0 Å². The maximum atomic E-state index is 13.1. The number of pyridine rings is 1. The van der Waals surface area contributed by atoms with E-state index in [0.717, 1.165) is 8.96 Å². The Kier molecular flexibility index (Phi) is 1.96. The minimum atomic E-state index is -0.210. The van der Waals surface area contributed by atoms with Crippen molar-refractivity contribution in [3.05, 3.63) is 40.0 Å². The van der Waals surface area contributed by atoms with Gasteiger partial charge in [0, 0.05) is 26.7 Å². The first-order valence-corrected chi connectivity index (χ1v) is 4.54. The SMILES string of the molecule is Fc1cccc2c(I)cncc12. The molecule has 0 spiro atoms. The van der Waals surface area contributed by atoms with Gasteiger partial charge in [0.1, 0.15) is 5.82 Å². The predicted molar refractivity (Wildman–Crippen MR) is 54.4 cm³/mol. The van der Waals surface area contributed by atoms with Gasteiger partial charge in [-0.2, -0.15) is 0 Å². The van der Waals surface area contributed by atoms with Gasteiger partial charge in [-0.3, -0.25) is 4.98 Å². The highest BCUT2D eigenvalue weighted by Gasteiger charge is 2.01. The molecule has 0 aliphatic rings. The minimum Gasteiger partial charge on any atom is -0.263 e. The fourth-order valence-corrected chi connectivity index (χ4v) is 1.75. The molecule has 60 valence electrons. The maximum Gasteiger partial charge on any atom is 0.132 e. The molecule has 0 amide bonds. The van der Waals surface area contributed by atoms with Crippen molar-refractivity contribution in [2.45, 2.75) is 0 Å². The number of rotatable bonds is 0. The standard InChI is InChI=1S/C9H5FIN/c10-8-3-1-2-6-7(8)4-12-5-9(6)11/h1-5H. The van der Waals surface area contributed by atoms with E-state index in [2.05, 4.69) is 27.6 Å². The topological polar surface area (TPSA) is 12.9 Å². The second kappa shape index (κ2) is 2.97. The Bertz CT molecular complexity index is 387. The zero-order valence-electron chi connectivity index (χ0n) is 6.09. The van der Waals surface area contributed by atoms with E-state index in [1.807, 2.05) is 6.07 Å². The molecule has 2 aromatic rings. The van der Waals surface area contributed by atoms with Gasteiger partial charge in [-0.25, -0.2) is 4.39 Å². The summed E-state index contributed by atoms with van der Waals surface area (Å²) < 4.78 is 14.1. The summed E-state index contributed by atoms with van der Waals surface area (Å²) >= 11 is 2.15. The molecule has 0 aliphatic heterocycles.